The van der Waals surface area contributed by atoms with Gasteiger partial charge < -0.3 is 15.3 Å². The average Bonchev–Trinajstić information content (AvgIpc) is 2.54. The van der Waals surface area contributed by atoms with Gasteiger partial charge >= 0.3 is 0 Å². The standard InChI is InChI=1S/C21H20O3/c1-12-4-6-19(22)15(8-12)17-10-14(3)11-18(21(17)24)16-9-13(2)5-7-20(16)23/h4-11,22-24H,1-3H3. The molecule has 0 unspecified atom stereocenters. The SMILES string of the molecule is Cc1ccc(O)c(-c2cc(C)cc(-c3cc(C)ccc3O)c2O)c1. The van der Waals surface area contributed by atoms with E-state index in [0.717, 1.165) is 16.7 Å². The molecule has 0 aliphatic carbocycles. The third-order valence-electron chi connectivity index (χ3n) is 4.14. The van der Waals surface area contributed by atoms with Gasteiger partial charge in [0.1, 0.15) is 17.2 Å². The Bertz CT molecular complexity index is 854. The van der Waals surface area contributed by atoms with Gasteiger partial charge in [-0.25, -0.2) is 0 Å². The van der Waals surface area contributed by atoms with E-state index < -0.39 is 0 Å². The summed E-state index contributed by atoms with van der Waals surface area (Å²) in [5.74, 6) is 0.268. The van der Waals surface area contributed by atoms with Crippen LogP contribution in [-0.4, -0.2) is 15.3 Å². The van der Waals surface area contributed by atoms with Crippen LogP contribution in [0, 0.1) is 20.8 Å². The number of aryl methyl sites for hydroxylation is 3. The van der Waals surface area contributed by atoms with Gasteiger partial charge in [0, 0.05) is 22.3 Å². The predicted molar refractivity (Wildman–Crippen MR) is 96.5 cm³/mol. The van der Waals surface area contributed by atoms with Crippen LogP contribution >= 0.6 is 0 Å². The van der Waals surface area contributed by atoms with Crippen molar-refractivity contribution in [3.05, 3.63) is 65.2 Å². The maximum absolute atomic E-state index is 10.8. The molecule has 122 valence electrons. The summed E-state index contributed by atoms with van der Waals surface area (Å²) in [5.41, 5.74) is 5.15. The molecular weight excluding hydrogens is 300 g/mol. The Morgan fingerprint density at radius 3 is 1.29 bits per heavy atom. The number of aromatic hydroxyl groups is 3. The summed E-state index contributed by atoms with van der Waals surface area (Å²) in [5, 5.41) is 31.2. The molecule has 0 saturated carbocycles. The molecule has 0 radical (unpaired) electrons. The molecule has 3 aromatic carbocycles. The molecule has 0 heterocycles. The maximum atomic E-state index is 10.8. The zero-order valence-corrected chi connectivity index (χ0v) is 14.0. The van der Waals surface area contributed by atoms with E-state index in [1.54, 1.807) is 12.1 Å². The number of phenols is 3. The van der Waals surface area contributed by atoms with Crippen LogP contribution in [0.3, 0.4) is 0 Å². The monoisotopic (exact) mass is 320 g/mol. The first kappa shape index (κ1) is 15.9. The lowest BCUT2D eigenvalue weighted by Gasteiger charge is -2.15. The molecular formula is C21H20O3. The first-order chi connectivity index (χ1) is 11.4. The highest BCUT2D eigenvalue weighted by molar-refractivity contribution is 5.87. The van der Waals surface area contributed by atoms with Crippen molar-refractivity contribution in [1.29, 1.82) is 0 Å². The molecule has 3 N–H and O–H groups in total. The fourth-order valence-electron chi connectivity index (χ4n) is 2.92. The van der Waals surface area contributed by atoms with Gasteiger partial charge in [0.05, 0.1) is 0 Å². The second-order valence-electron chi connectivity index (χ2n) is 6.25. The number of hydrogen-bond donors (Lipinski definition) is 3. The zero-order valence-electron chi connectivity index (χ0n) is 14.0. The highest BCUT2D eigenvalue weighted by Crippen LogP contribution is 2.44. The van der Waals surface area contributed by atoms with Crippen molar-refractivity contribution in [3.8, 4) is 39.5 Å². The van der Waals surface area contributed by atoms with Crippen LogP contribution in [0.5, 0.6) is 17.2 Å². The van der Waals surface area contributed by atoms with E-state index in [4.69, 9.17) is 0 Å². The Morgan fingerprint density at radius 1 is 0.500 bits per heavy atom. The van der Waals surface area contributed by atoms with Crippen LogP contribution < -0.4 is 0 Å². The second kappa shape index (κ2) is 5.93. The van der Waals surface area contributed by atoms with Crippen molar-refractivity contribution in [3.63, 3.8) is 0 Å². The van der Waals surface area contributed by atoms with Gasteiger partial charge in [-0.1, -0.05) is 23.3 Å². The Morgan fingerprint density at radius 2 is 0.875 bits per heavy atom. The van der Waals surface area contributed by atoms with Crippen molar-refractivity contribution in [1.82, 2.24) is 0 Å². The van der Waals surface area contributed by atoms with E-state index in [-0.39, 0.29) is 17.2 Å². The highest BCUT2D eigenvalue weighted by atomic mass is 16.3. The minimum absolute atomic E-state index is 0.0439. The number of phenolic OH excluding ortho intramolecular Hbond substituents is 3. The molecule has 0 amide bonds. The zero-order chi connectivity index (χ0) is 17.4. The summed E-state index contributed by atoms with van der Waals surface area (Å²) in [6, 6.07) is 14.2. The van der Waals surface area contributed by atoms with Gasteiger partial charge in [-0.3, -0.25) is 0 Å². The smallest absolute Gasteiger partial charge is 0.131 e. The Balaban J connectivity index is 2.30. The number of benzene rings is 3. The van der Waals surface area contributed by atoms with E-state index in [9.17, 15) is 15.3 Å². The molecule has 3 rings (SSSR count). The van der Waals surface area contributed by atoms with Gasteiger partial charge in [0.25, 0.3) is 0 Å². The lowest BCUT2D eigenvalue weighted by Crippen LogP contribution is -1.89. The largest absolute Gasteiger partial charge is 0.507 e. The summed E-state index contributed by atoms with van der Waals surface area (Å²) in [4.78, 5) is 0. The summed E-state index contributed by atoms with van der Waals surface area (Å²) in [6.45, 7) is 5.79. The number of hydrogen-bond acceptors (Lipinski definition) is 3. The van der Waals surface area contributed by atoms with E-state index in [2.05, 4.69) is 0 Å². The van der Waals surface area contributed by atoms with Crippen LogP contribution in [0.4, 0.5) is 0 Å². The first-order valence-electron chi connectivity index (χ1n) is 7.80. The fourth-order valence-corrected chi connectivity index (χ4v) is 2.92. The van der Waals surface area contributed by atoms with Crippen LogP contribution in [0.1, 0.15) is 16.7 Å². The van der Waals surface area contributed by atoms with Crippen molar-refractivity contribution >= 4 is 0 Å². The minimum Gasteiger partial charge on any atom is -0.507 e. The van der Waals surface area contributed by atoms with Gasteiger partial charge in [-0.15, -0.1) is 0 Å². The van der Waals surface area contributed by atoms with Crippen LogP contribution in [-0.2, 0) is 0 Å². The third-order valence-corrected chi connectivity index (χ3v) is 4.14. The Hall–Kier alpha value is -2.94. The van der Waals surface area contributed by atoms with Crippen LogP contribution in [0.25, 0.3) is 22.3 Å². The molecule has 0 fully saturated rings. The molecule has 3 aromatic rings. The normalized spacial score (nSPS) is 10.8. The van der Waals surface area contributed by atoms with Gasteiger partial charge in [0.15, 0.2) is 0 Å². The maximum Gasteiger partial charge on any atom is 0.131 e. The third kappa shape index (κ3) is 2.81. The molecule has 0 saturated heterocycles. The average molecular weight is 320 g/mol. The first-order valence-corrected chi connectivity index (χ1v) is 7.80. The predicted octanol–water partition coefficient (Wildman–Crippen LogP) is 5.06. The lowest BCUT2D eigenvalue weighted by molar-refractivity contribution is 0.467. The van der Waals surface area contributed by atoms with Crippen molar-refractivity contribution in [2.75, 3.05) is 0 Å². The fraction of sp³-hybridized carbons (Fsp3) is 0.143. The molecule has 0 aliphatic rings. The van der Waals surface area contributed by atoms with Gasteiger partial charge in [-0.05, 0) is 62.7 Å². The molecule has 0 spiro atoms. The van der Waals surface area contributed by atoms with Crippen molar-refractivity contribution in [2.24, 2.45) is 0 Å². The summed E-state index contributed by atoms with van der Waals surface area (Å²) in [6.07, 6.45) is 0. The molecule has 3 heteroatoms. The van der Waals surface area contributed by atoms with Crippen LogP contribution in [0.15, 0.2) is 48.5 Å². The number of rotatable bonds is 2. The van der Waals surface area contributed by atoms with E-state index in [1.807, 2.05) is 57.2 Å². The quantitative estimate of drug-likeness (QED) is 0.618. The van der Waals surface area contributed by atoms with E-state index in [0.29, 0.717) is 22.3 Å². The van der Waals surface area contributed by atoms with Crippen molar-refractivity contribution in [2.45, 2.75) is 20.8 Å². The van der Waals surface area contributed by atoms with Gasteiger partial charge in [0.2, 0.25) is 0 Å². The summed E-state index contributed by atoms with van der Waals surface area (Å²) in [7, 11) is 0. The molecule has 0 aliphatic heterocycles. The molecule has 0 bridgehead atoms. The Labute approximate surface area is 141 Å². The molecule has 24 heavy (non-hydrogen) atoms. The summed E-state index contributed by atoms with van der Waals surface area (Å²) >= 11 is 0. The highest BCUT2D eigenvalue weighted by Gasteiger charge is 2.17. The van der Waals surface area contributed by atoms with Gasteiger partial charge in [-0.2, -0.15) is 0 Å². The molecule has 0 atom stereocenters. The lowest BCUT2D eigenvalue weighted by atomic mass is 9.93. The van der Waals surface area contributed by atoms with Crippen LogP contribution in [0.2, 0.25) is 0 Å². The Kier molecular flexibility index (Phi) is 3.94. The van der Waals surface area contributed by atoms with E-state index in [1.165, 1.54) is 0 Å². The second-order valence-corrected chi connectivity index (χ2v) is 6.25. The molecule has 0 aromatic heterocycles. The van der Waals surface area contributed by atoms with E-state index >= 15 is 0 Å². The summed E-state index contributed by atoms with van der Waals surface area (Å²) < 4.78 is 0. The van der Waals surface area contributed by atoms with Crippen molar-refractivity contribution < 1.29 is 15.3 Å². The molecule has 3 nitrogen and oxygen atoms in total. The minimum atomic E-state index is 0.0439. The topological polar surface area (TPSA) is 60.7 Å².